The van der Waals surface area contributed by atoms with Crippen LogP contribution in [0.4, 0.5) is 0 Å². The summed E-state index contributed by atoms with van der Waals surface area (Å²) in [5, 5.41) is 4.19. The van der Waals surface area contributed by atoms with E-state index in [1.54, 1.807) is 10.9 Å². The molecule has 0 spiro atoms. The van der Waals surface area contributed by atoms with Gasteiger partial charge in [-0.15, -0.1) is 0 Å². The second-order valence-corrected chi connectivity index (χ2v) is 5.35. The number of Topliss-reactive ketones (excluding diaryl/α,β-unsaturated/α-hetero) is 1. The van der Waals surface area contributed by atoms with Gasteiger partial charge in [-0.2, -0.15) is 5.10 Å². The van der Waals surface area contributed by atoms with Crippen molar-refractivity contribution in [1.82, 2.24) is 9.78 Å². The molecule has 0 bridgehead atoms. The Hall–Kier alpha value is -0.680. The van der Waals surface area contributed by atoms with Gasteiger partial charge in [0.2, 0.25) is 0 Å². The van der Waals surface area contributed by atoms with Gasteiger partial charge >= 0.3 is 0 Å². The zero-order valence-corrected chi connectivity index (χ0v) is 12.2. The molecule has 0 aliphatic rings. The molecule has 0 aromatic carbocycles. The zero-order chi connectivity index (χ0) is 13.0. The fraction of sp³-hybridized carbons (Fsp3) is 0.667. The maximum Gasteiger partial charge on any atom is 0.198 e. The second-order valence-electron chi connectivity index (χ2n) is 4.49. The summed E-state index contributed by atoms with van der Waals surface area (Å²) in [4.78, 5) is 12.2. The lowest BCUT2D eigenvalue weighted by molar-refractivity contribution is 0.0943. The number of halogens is 1. The van der Waals surface area contributed by atoms with Gasteiger partial charge in [-0.05, 0) is 36.2 Å². The molecule has 0 fully saturated rings. The van der Waals surface area contributed by atoms with E-state index in [9.17, 15) is 4.79 Å². The highest BCUT2D eigenvalue weighted by Gasteiger charge is 2.23. The number of carbonyl (C=O) groups is 1. The standard InChI is InChI=1S/C12H20BrN3O/c1-4-5-6-10(14)12(17)11-9(13)7-15-16(11)8(2)3/h7-8,10H,4-6,14H2,1-3H3. The van der Waals surface area contributed by atoms with Crippen molar-refractivity contribution in [3.05, 3.63) is 16.4 Å². The van der Waals surface area contributed by atoms with E-state index in [2.05, 4.69) is 28.0 Å². The molecule has 1 unspecified atom stereocenters. The number of nitrogens with two attached hydrogens (primary N) is 1. The van der Waals surface area contributed by atoms with E-state index in [0.717, 1.165) is 23.7 Å². The first-order chi connectivity index (χ1) is 7.99. The van der Waals surface area contributed by atoms with E-state index < -0.39 is 6.04 Å². The number of hydrogen-bond donors (Lipinski definition) is 1. The molecular weight excluding hydrogens is 282 g/mol. The maximum atomic E-state index is 12.2. The molecule has 17 heavy (non-hydrogen) atoms. The van der Waals surface area contributed by atoms with Crippen LogP contribution in [0.3, 0.4) is 0 Å². The third kappa shape index (κ3) is 3.39. The molecule has 1 rings (SSSR count). The Kier molecular flexibility index (Phi) is 5.33. The van der Waals surface area contributed by atoms with Gasteiger partial charge in [-0.25, -0.2) is 0 Å². The van der Waals surface area contributed by atoms with Gasteiger partial charge in [-0.3, -0.25) is 9.48 Å². The lowest BCUT2D eigenvalue weighted by atomic mass is 10.0. The quantitative estimate of drug-likeness (QED) is 0.822. The summed E-state index contributed by atoms with van der Waals surface area (Å²) in [6, 6.07) is -0.279. The first-order valence-corrected chi connectivity index (χ1v) is 6.81. The molecule has 1 aromatic rings. The average molecular weight is 302 g/mol. The molecule has 5 heteroatoms. The first kappa shape index (κ1) is 14.4. The first-order valence-electron chi connectivity index (χ1n) is 6.01. The summed E-state index contributed by atoms with van der Waals surface area (Å²) >= 11 is 3.36. The molecule has 0 radical (unpaired) electrons. The third-order valence-electron chi connectivity index (χ3n) is 2.68. The number of ketones is 1. The van der Waals surface area contributed by atoms with Crippen molar-refractivity contribution in [2.75, 3.05) is 0 Å². The molecule has 0 amide bonds. The minimum absolute atomic E-state index is 0.0310. The Morgan fingerprint density at radius 3 is 2.76 bits per heavy atom. The topological polar surface area (TPSA) is 60.9 Å². The Balaban J connectivity index is 2.91. The predicted molar refractivity (Wildman–Crippen MR) is 72.1 cm³/mol. The third-order valence-corrected chi connectivity index (χ3v) is 3.26. The highest BCUT2D eigenvalue weighted by Crippen LogP contribution is 2.21. The summed E-state index contributed by atoms with van der Waals surface area (Å²) in [7, 11) is 0. The van der Waals surface area contributed by atoms with Crippen LogP contribution in [-0.4, -0.2) is 21.6 Å². The van der Waals surface area contributed by atoms with E-state index in [-0.39, 0.29) is 11.8 Å². The van der Waals surface area contributed by atoms with Crippen molar-refractivity contribution < 1.29 is 4.79 Å². The summed E-state index contributed by atoms with van der Waals surface area (Å²) in [6.45, 7) is 6.08. The van der Waals surface area contributed by atoms with Crippen molar-refractivity contribution >= 4 is 21.7 Å². The lowest BCUT2D eigenvalue weighted by Gasteiger charge is -2.14. The largest absolute Gasteiger partial charge is 0.321 e. The maximum absolute atomic E-state index is 12.2. The van der Waals surface area contributed by atoms with Gasteiger partial charge < -0.3 is 5.73 Å². The molecule has 1 aromatic heterocycles. The van der Waals surface area contributed by atoms with Gasteiger partial charge in [0.05, 0.1) is 16.7 Å². The van der Waals surface area contributed by atoms with Gasteiger partial charge in [0, 0.05) is 6.04 Å². The normalized spacial score (nSPS) is 13.1. The highest BCUT2D eigenvalue weighted by molar-refractivity contribution is 9.10. The number of nitrogens with zero attached hydrogens (tertiary/aromatic N) is 2. The number of carbonyl (C=O) groups excluding carboxylic acids is 1. The molecule has 4 nitrogen and oxygen atoms in total. The summed E-state index contributed by atoms with van der Waals surface area (Å²) in [5.41, 5.74) is 6.51. The SMILES string of the molecule is CCCCC(N)C(=O)c1c(Br)cnn1C(C)C. The minimum atomic E-state index is -0.430. The van der Waals surface area contributed by atoms with Crippen LogP contribution in [0.5, 0.6) is 0 Å². The van der Waals surface area contributed by atoms with Crippen LogP contribution in [0.1, 0.15) is 56.6 Å². The minimum Gasteiger partial charge on any atom is -0.321 e. The summed E-state index contributed by atoms with van der Waals surface area (Å²) < 4.78 is 2.45. The highest BCUT2D eigenvalue weighted by atomic mass is 79.9. The molecule has 0 saturated carbocycles. The molecule has 0 saturated heterocycles. The van der Waals surface area contributed by atoms with Crippen LogP contribution in [-0.2, 0) is 0 Å². The van der Waals surface area contributed by atoms with Crippen LogP contribution in [0.2, 0.25) is 0 Å². The molecule has 96 valence electrons. The monoisotopic (exact) mass is 301 g/mol. The predicted octanol–water partition coefficient (Wildman–Crippen LogP) is 2.93. The summed E-state index contributed by atoms with van der Waals surface area (Å²) in [6.07, 6.45) is 4.40. The number of aromatic nitrogens is 2. The van der Waals surface area contributed by atoms with Crippen LogP contribution in [0.25, 0.3) is 0 Å². The van der Waals surface area contributed by atoms with E-state index in [0.29, 0.717) is 5.69 Å². The van der Waals surface area contributed by atoms with E-state index in [1.165, 1.54) is 0 Å². The van der Waals surface area contributed by atoms with E-state index in [1.807, 2.05) is 13.8 Å². The molecule has 1 heterocycles. The fourth-order valence-corrected chi connectivity index (χ4v) is 2.16. The van der Waals surface area contributed by atoms with Gasteiger partial charge in [0.15, 0.2) is 5.78 Å². The zero-order valence-electron chi connectivity index (χ0n) is 10.6. The Bertz CT molecular complexity index is 387. The van der Waals surface area contributed by atoms with Crippen molar-refractivity contribution in [3.63, 3.8) is 0 Å². The second kappa shape index (κ2) is 6.31. The van der Waals surface area contributed by atoms with Crippen molar-refractivity contribution in [3.8, 4) is 0 Å². The molecular formula is C12H20BrN3O. The van der Waals surface area contributed by atoms with Crippen molar-refractivity contribution in [1.29, 1.82) is 0 Å². The molecule has 1 atom stereocenters. The Labute approximate surface area is 111 Å². The fourth-order valence-electron chi connectivity index (χ4n) is 1.69. The Morgan fingerprint density at radius 2 is 2.24 bits per heavy atom. The van der Waals surface area contributed by atoms with Crippen molar-refractivity contribution in [2.45, 2.75) is 52.1 Å². The Morgan fingerprint density at radius 1 is 1.59 bits per heavy atom. The lowest BCUT2D eigenvalue weighted by Crippen LogP contribution is -2.32. The van der Waals surface area contributed by atoms with Gasteiger partial charge in [0.25, 0.3) is 0 Å². The van der Waals surface area contributed by atoms with Crippen LogP contribution in [0, 0.1) is 0 Å². The van der Waals surface area contributed by atoms with E-state index >= 15 is 0 Å². The van der Waals surface area contributed by atoms with Gasteiger partial charge in [0.1, 0.15) is 5.69 Å². The van der Waals surface area contributed by atoms with E-state index in [4.69, 9.17) is 5.73 Å². The summed E-state index contributed by atoms with van der Waals surface area (Å²) in [5.74, 6) is -0.0310. The smallest absolute Gasteiger partial charge is 0.198 e. The van der Waals surface area contributed by atoms with Crippen LogP contribution >= 0.6 is 15.9 Å². The molecule has 0 aliphatic carbocycles. The molecule has 0 aliphatic heterocycles. The number of unbranched alkanes of at least 4 members (excludes halogenated alkanes) is 1. The van der Waals surface area contributed by atoms with Gasteiger partial charge in [-0.1, -0.05) is 19.8 Å². The number of hydrogen-bond acceptors (Lipinski definition) is 3. The molecule has 2 N–H and O–H groups in total. The average Bonchev–Trinajstić information content (AvgIpc) is 2.67. The van der Waals surface area contributed by atoms with Crippen molar-refractivity contribution in [2.24, 2.45) is 5.73 Å². The van der Waals surface area contributed by atoms with Crippen LogP contribution in [0.15, 0.2) is 10.7 Å². The van der Waals surface area contributed by atoms with Crippen LogP contribution < -0.4 is 5.73 Å². The number of rotatable bonds is 6.